The lowest BCUT2D eigenvalue weighted by Gasteiger charge is -2.35. The van der Waals surface area contributed by atoms with E-state index in [1.807, 2.05) is 69.3 Å². The molecule has 0 radical (unpaired) electrons. The van der Waals surface area contributed by atoms with Crippen molar-refractivity contribution in [3.8, 4) is 11.4 Å². The summed E-state index contributed by atoms with van der Waals surface area (Å²) in [6.45, 7) is 6.83. The molecular formula is C26H30N4O4. The molecule has 1 unspecified atom stereocenters. The fourth-order valence-corrected chi connectivity index (χ4v) is 4.27. The minimum atomic E-state index is -0.595. The molecule has 2 heterocycles. The molecule has 1 atom stereocenters. The van der Waals surface area contributed by atoms with Gasteiger partial charge in [-0.15, -0.1) is 0 Å². The number of likely N-dealkylation sites (tertiary alicyclic amines) is 1. The lowest BCUT2D eigenvalue weighted by Crippen LogP contribution is -2.43. The van der Waals surface area contributed by atoms with Crippen LogP contribution in [-0.2, 0) is 9.53 Å². The second-order valence-corrected chi connectivity index (χ2v) is 9.45. The van der Waals surface area contributed by atoms with Gasteiger partial charge in [0.05, 0.1) is 17.1 Å². The van der Waals surface area contributed by atoms with Crippen LogP contribution < -0.4 is 5.48 Å². The summed E-state index contributed by atoms with van der Waals surface area (Å²) in [7, 11) is 0. The summed E-state index contributed by atoms with van der Waals surface area (Å²) < 4.78 is 7.84. The molecule has 8 heteroatoms. The minimum absolute atomic E-state index is 0.0445. The fraction of sp³-hybridized carbons (Fsp3) is 0.346. The van der Waals surface area contributed by atoms with Gasteiger partial charge in [0.25, 0.3) is 5.91 Å². The zero-order valence-electron chi connectivity index (χ0n) is 19.7. The van der Waals surface area contributed by atoms with E-state index in [1.165, 1.54) is 6.08 Å². The average molecular weight is 463 g/mol. The zero-order valence-corrected chi connectivity index (χ0v) is 19.7. The standard InChI is InChI=1S/C26H30N4O4/c1-26(2,3)34-25(32)29-15-7-10-20(17-29)30-22-12-5-4-11-21(22)27-24(30)19-9-6-8-18(16-19)13-14-23(31)28-33/h4-6,8-9,11-14,16,20,33H,7,10,15,17H2,1-3H3,(H,28,31)/b14-13+. The predicted octanol–water partition coefficient (Wildman–Crippen LogP) is 4.79. The summed E-state index contributed by atoms with van der Waals surface area (Å²) in [5.41, 5.74) is 4.65. The lowest BCUT2D eigenvalue weighted by molar-refractivity contribution is -0.124. The number of carbonyl (C=O) groups is 2. The quantitative estimate of drug-likeness (QED) is 0.330. The van der Waals surface area contributed by atoms with Crippen molar-refractivity contribution in [2.45, 2.75) is 45.3 Å². The summed E-state index contributed by atoms with van der Waals surface area (Å²) in [5, 5.41) is 8.73. The van der Waals surface area contributed by atoms with Gasteiger partial charge in [0.2, 0.25) is 0 Å². The Kier molecular flexibility index (Phi) is 6.70. The highest BCUT2D eigenvalue weighted by Gasteiger charge is 2.30. The molecule has 0 spiro atoms. The van der Waals surface area contributed by atoms with Gasteiger partial charge in [0.15, 0.2) is 0 Å². The van der Waals surface area contributed by atoms with Crippen LogP contribution in [0.4, 0.5) is 4.79 Å². The van der Waals surface area contributed by atoms with Crippen LogP contribution in [0.1, 0.15) is 45.2 Å². The maximum Gasteiger partial charge on any atom is 0.410 e. The number of fused-ring (bicyclic) bond motifs is 1. The van der Waals surface area contributed by atoms with Gasteiger partial charge in [-0.1, -0.05) is 30.3 Å². The molecule has 0 aliphatic carbocycles. The van der Waals surface area contributed by atoms with Crippen LogP contribution in [0, 0.1) is 0 Å². The molecule has 3 aromatic rings. The Labute approximate surface area is 198 Å². The molecule has 34 heavy (non-hydrogen) atoms. The summed E-state index contributed by atoms with van der Waals surface area (Å²) in [5.74, 6) is 0.209. The van der Waals surface area contributed by atoms with Crippen molar-refractivity contribution in [3.05, 3.63) is 60.2 Å². The topological polar surface area (TPSA) is 96.7 Å². The number of imidazole rings is 1. The van der Waals surface area contributed by atoms with E-state index in [0.29, 0.717) is 13.1 Å². The van der Waals surface area contributed by atoms with Gasteiger partial charge in [-0.3, -0.25) is 10.0 Å². The Morgan fingerprint density at radius 2 is 1.97 bits per heavy atom. The van der Waals surface area contributed by atoms with Gasteiger partial charge in [0.1, 0.15) is 11.4 Å². The van der Waals surface area contributed by atoms with Crippen molar-refractivity contribution in [2.24, 2.45) is 0 Å². The van der Waals surface area contributed by atoms with Gasteiger partial charge in [-0.25, -0.2) is 15.3 Å². The predicted molar refractivity (Wildman–Crippen MR) is 130 cm³/mol. The normalized spacial score (nSPS) is 16.7. The number of hydroxylamine groups is 1. The van der Waals surface area contributed by atoms with Crippen molar-refractivity contribution in [2.75, 3.05) is 13.1 Å². The Hall–Kier alpha value is -3.65. The smallest absolute Gasteiger partial charge is 0.410 e. The zero-order chi connectivity index (χ0) is 24.3. The maximum absolute atomic E-state index is 12.8. The summed E-state index contributed by atoms with van der Waals surface area (Å²) >= 11 is 0. The number of para-hydroxylation sites is 2. The van der Waals surface area contributed by atoms with Crippen molar-refractivity contribution in [1.29, 1.82) is 0 Å². The molecule has 1 aliphatic heterocycles. The first-order valence-corrected chi connectivity index (χ1v) is 11.4. The first-order chi connectivity index (χ1) is 16.2. The van der Waals surface area contributed by atoms with Gasteiger partial charge in [-0.2, -0.15) is 0 Å². The molecule has 2 aromatic carbocycles. The number of amides is 2. The van der Waals surface area contributed by atoms with Crippen LogP contribution in [0.15, 0.2) is 54.6 Å². The molecule has 2 amide bonds. The second-order valence-electron chi connectivity index (χ2n) is 9.45. The number of hydrogen-bond donors (Lipinski definition) is 2. The van der Waals surface area contributed by atoms with Crippen LogP contribution >= 0.6 is 0 Å². The molecule has 0 saturated carbocycles. The number of carbonyl (C=O) groups excluding carboxylic acids is 2. The first kappa shape index (κ1) is 23.5. The monoisotopic (exact) mass is 462 g/mol. The van der Waals surface area contributed by atoms with Crippen LogP contribution in [0.25, 0.3) is 28.5 Å². The maximum atomic E-state index is 12.8. The van der Waals surface area contributed by atoms with E-state index in [0.717, 1.165) is 40.8 Å². The number of hydrogen-bond acceptors (Lipinski definition) is 5. The number of benzene rings is 2. The van der Waals surface area contributed by atoms with E-state index >= 15 is 0 Å². The highest BCUT2D eigenvalue weighted by atomic mass is 16.6. The summed E-state index contributed by atoms with van der Waals surface area (Å²) in [6.07, 6.45) is 4.39. The highest BCUT2D eigenvalue weighted by molar-refractivity contribution is 5.91. The van der Waals surface area contributed by atoms with Crippen LogP contribution in [0.2, 0.25) is 0 Å². The van der Waals surface area contributed by atoms with Crippen LogP contribution in [0.3, 0.4) is 0 Å². The van der Waals surface area contributed by atoms with Crippen molar-refractivity contribution >= 4 is 29.1 Å². The lowest BCUT2D eigenvalue weighted by atomic mass is 10.0. The first-order valence-electron chi connectivity index (χ1n) is 11.4. The fourth-order valence-electron chi connectivity index (χ4n) is 4.27. The SMILES string of the molecule is CC(C)(C)OC(=O)N1CCCC(n2c(-c3cccc(/C=C/C(=O)NO)c3)nc3ccccc32)C1. The number of nitrogens with one attached hydrogen (secondary N) is 1. The molecule has 1 aromatic heterocycles. The Morgan fingerprint density at radius 3 is 2.74 bits per heavy atom. The Balaban J connectivity index is 1.71. The van der Waals surface area contributed by atoms with E-state index < -0.39 is 11.5 Å². The number of aromatic nitrogens is 2. The molecule has 1 aliphatic rings. The molecule has 8 nitrogen and oxygen atoms in total. The molecule has 4 rings (SSSR count). The molecule has 2 N–H and O–H groups in total. The van der Waals surface area contributed by atoms with Gasteiger partial charge < -0.3 is 14.2 Å². The third-order valence-corrected chi connectivity index (χ3v) is 5.69. The van der Waals surface area contributed by atoms with Gasteiger partial charge >= 0.3 is 6.09 Å². The van der Waals surface area contributed by atoms with Crippen molar-refractivity contribution in [3.63, 3.8) is 0 Å². The van der Waals surface area contributed by atoms with E-state index in [-0.39, 0.29) is 12.1 Å². The molecule has 178 valence electrons. The van der Waals surface area contributed by atoms with E-state index in [1.54, 1.807) is 16.5 Å². The van der Waals surface area contributed by atoms with E-state index in [9.17, 15) is 9.59 Å². The average Bonchev–Trinajstić information content (AvgIpc) is 3.21. The molecule has 1 saturated heterocycles. The van der Waals surface area contributed by atoms with Crippen molar-refractivity contribution < 1.29 is 19.5 Å². The third-order valence-electron chi connectivity index (χ3n) is 5.69. The van der Waals surface area contributed by atoms with Crippen molar-refractivity contribution in [1.82, 2.24) is 19.9 Å². The van der Waals surface area contributed by atoms with Gasteiger partial charge in [0, 0.05) is 24.7 Å². The highest BCUT2D eigenvalue weighted by Crippen LogP contribution is 2.33. The molecule has 1 fully saturated rings. The number of ether oxygens (including phenoxy) is 1. The Bertz CT molecular complexity index is 1230. The number of nitrogens with zero attached hydrogens (tertiary/aromatic N) is 3. The minimum Gasteiger partial charge on any atom is -0.444 e. The van der Waals surface area contributed by atoms with Crippen LogP contribution in [-0.4, -0.2) is 50.3 Å². The molecular weight excluding hydrogens is 432 g/mol. The third kappa shape index (κ3) is 5.28. The number of piperidine rings is 1. The second kappa shape index (κ2) is 9.69. The van der Waals surface area contributed by atoms with Gasteiger partial charge in [-0.05, 0) is 63.5 Å². The summed E-state index contributed by atoms with van der Waals surface area (Å²) in [4.78, 5) is 30.9. The Morgan fingerprint density at radius 1 is 1.18 bits per heavy atom. The largest absolute Gasteiger partial charge is 0.444 e. The van der Waals surface area contributed by atoms with E-state index in [4.69, 9.17) is 14.9 Å². The summed E-state index contributed by atoms with van der Waals surface area (Å²) in [6, 6.07) is 15.7. The number of rotatable bonds is 4. The van der Waals surface area contributed by atoms with E-state index in [2.05, 4.69) is 4.57 Å². The van der Waals surface area contributed by atoms with Crippen LogP contribution in [0.5, 0.6) is 0 Å². The molecule has 0 bridgehead atoms.